The van der Waals surface area contributed by atoms with E-state index in [1.807, 2.05) is 20.8 Å². The Morgan fingerprint density at radius 3 is 2.65 bits per heavy atom. The molecular formula is C13H15NO2S. The van der Waals surface area contributed by atoms with Crippen molar-refractivity contribution < 1.29 is 9.90 Å². The summed E-state index contributed by atoms with van der Waals surface area (Å²) in [5, 5.41) is 18.1. The fraction of sp³-hybridized carbons (Fsp3) is 0.385. The van der Waals surface area contributed by atoms with Gasteiger partial charge in [0.1, 0.15) is 0 Å². The van der Waals surface area contributed by atoms with Crippen LogP contribution in [0.2, 0.25) is 0 Å². The number of thioether (sulfide) groups is 1. The third-order valence-electron chi connectivity index (χ3n) is 2.51. The third kappa shape index (κ3) is 3.01. The molecule has 0 unspecified atom stereocenters. The number of nitriles is 1. The maximum atomic E-state index is 11.0. The number of aromatic carboxylic acids is 1. The van der Waals surface area contributed by atoms with Crippen molar-refractivity contribution in [3.05, 3.63) is 29.3 Å². The minimum absolute atomic E-state index is 0.300. The maximum absolute atomic E-state index is 11.0. The van der Waals surface area contributed by atoms with Crippen LogP contribution >= 0.6 is 11.8 Å². The number of carboxylic acids is 1. The Labute approximate surface area is 105 Å². The fourth-order valence-electron chi connectivity index (χ4n) is 1.43. The minimum atomic E-state index is -0.928. The third-order valence-corrected chi connectivity index (χ3v) is 3.45. The standard InChI is InChI=1S/C13H15NO2S/c1-4-17-11-7-9(13(2,3)8-14)5-6-10(11)12(15)16/h5-7H,4H2,1-3H3,(H,15,16). The van der Waals surface area contributed by atoms with Gasteiger partial charge in [-0.1, -0.05) is 13.0 Å². The molecule has 0 aliphatic heterocycles. The zero-order valence-corrected chi connectivity index (χ0v) is 11.0. The Morgan fingerprint density at radius 1 is 1.53 bits per heavy atom. The highest BCUT2D eigenvalue weighted by Crippen LogP contribution is 2.29. The maximum Gasteiger partial charge on any atom is 0.336 e. The monoisotopic (exact) mass is 249 g/mol. The normalized spacial score (nSPS) is 10.9. The largest absolute Gasteiger partial charge is 0.478 e. The van der Waals surface area contributed by atoms with Crippen LogP contribution in [-0.2, 0) is 5.41 Å². The Bertz CT molecular complexity index is 475. The van der Waals surface area contributed by atoms with Crippen LogP contribution < -0.4 is 0 Å². The second-order valence-corrected chi connectivity index (χ2v) is 5.49. The van der Waals surface area contributed by atoms with Gasteiger partial charge in [0.15, 0.2) is 0 Å². The van der Waals surface area contributed by atoms with Crippen molar-refractivity contribution in [1.29, 1.82) is 5.26 Å². The average Bonchev–Trinajstić information content (AvgIpc) is 2.29. The van der Waals surface area contributed by atoms with Crippen molar-refractivity contribution in [3.8, 4) is 6.07 Å². The summed E-state index contributed by atoms with van der Waals surface area (Å²) >= 11 is 1.48. The summed E-state index contributed by atoms with van der Waals surface area (Å²) in [4.78, 5) is 11.8. The molecule has 0 amide bonds. The lowest BCUT2D eigenvalue weighted by atomic mass is 9.86. The quantitative estimate of drug-likeness (QED) is 0.832. The zero-order chi connectivity index (χ0) is 13.1. The van der Waals surface area contributed by atoms with Gasteiger partial charge in [-0.2, -0.15) is 5.26 Å². The zero-order valence-electron chi connectivity index (χ0n) is 10.2. The number of benzene rings is 1. The number of nitrogens with zero attached hydrogens (tertiary/aromatic N) is 1. The van der Waals surface area contributed by atoms with Gasteiger partial charge in [-0.05, 0) is 37.3 Å². The molecule has 0 heterocycles. The van der Waals surface area contributed by atoms with E-state index in [0.29, 0.717) is 5.56 Å². The van der Waals surface area contributed by atoms with Crippen molar-refractivity contribution >= 4 is 17.7 Å². The van der Waals surface area contributed by atoms with E-state index >= 15 is 0 Å². The molecule has 0 fully saturated rings. The predicted molar refractivity (Wildman–Crippen MR) is 68.4 cm³/mol. The van der Waals surface area contributed by atoms with E-state index in [9.17, 15) is 4.79 Å². The molecular weight excluding hydrogens is 234 g/mol. The SMILES string of the molecule is CCSc1cc(C(C)(C)C#N)ccc1C(=O)O. The topological polar surface area (TPSA) is 61.1 Å². The highest BCUT2D eigenvalue weighted by molar-refractivity contribution is 7.99. The molecule has 4 heteroatoms. The van der Waals surface area contributed by atoms with E-state index < -0.39 is 11.4 Å². The highest BCUT2D eigenvalue weighted by Gasteiger charge is 2.22. The van der Waals surface area contributed by atoms with Crippen LogP contribution in [0, 0.1) is 11.3 Å². The lowest BCUT2D eigenvalue weighted by Gasteiger charge is -2.17. The van der Waals surface area contributed by atoms with Crippen molar-refractivity contribution in [2.45, 2.75) is 31.1 Å². The molecule has 1 aromatic rings. The first kappa shape index (κ1) is 13.6. The van der Waals surface area contributed by atoms with Crippen LogP contribution in [-0.4, -0.2) is 16.8 Å². The Balaban J connectivity index is 3.29. The van der Waals surface area contributed by atoms with Crippen molar-refractivity contribution in [3.63, 3.8) is 0 Å². The van der Waals surface area contributed by atoms with Crippen LogP contribution in [0.1, 0.15) is 36.7 Å². The van der Waals surface area contributed by atoms with Crippen LogP contribution in [0.25, 0.3) is 0 Å². The molecule has 0 bridgehead atoms. The van der Waals surface area contributed by atoms with E-state index in [1.54, 1.807) is 18.2 Å². The molecule has 90 valence electrons. The van der Waals surface area contributed by atoms with Crippen LogP contribution in [0.15, 0.2) is 23.1 Å². The molecule has 0 aromatic heterocycles. The van der Waals surface area contributed by atoms with Crippen molar-refractivity contribution in [2.75, 3.05) is 5.75 Å². The Hall–Kier alpha value is -1.47. The van der Waals surface area contributed by atoms with Gasteiger partial charge < -0.3 is 5.11 Å². The van der Waals surface area contributed by atoms with Crippen molar-refractivity contribution in [2.24, 2.45) is 0 Å². The molecule has 0 aliphatic carbocycles. The van der Waals surface area contributed by atoms with Crippen LogP contribution in [0.4, 0.5) is 0 Å². The second-order valence-electron chi connectivity index (χ2n) is 4.19. The summed E-state index contributed by atoms with van der Waals surface area (Å²) in [5.74, 6) is -0.126. The lowest BCUT2D eigenvalue weighted by Crippen LogP contribution is -2.14. The van der Waals surface area contributed by atoms with E-state index in [2.05, 4.69) is 6.07 Å². The minimum Gasteiger partial charge on any atom is -0.478 e. The second kappa shape index (κ2) is 5.24. The summed E-state index contributed by atoms with van der Waals surface area (Å²) in [6, 6.07) is 7.32. The molecule has 0 saturated carbocycles. The van der Waals surface area contributed by atoms with Crippen molar-refractivity contribution in [1.82, 2.24) is 0 Å². The summed E-state index contributed by atoms with van der Waals surface area (Å²) in [7, 11) is 0. The van der Waals surface area contributed by atoms with Gasteiger partial charge in [0.25, 0.3) is 0 Å². The molecule has 0 spiro atoms. The fourth-order valence-corrected chi connectivity index (χ4v) is 2.26. The van der Waals surface area contributed by atoms with E-state index in [0.717, 1.165) is 16.2 Å². The molecule has 1 rings (SSSR count). The first-order valence-corrected chi connectivity index (χ1v) is 6.32. The van der Waals surface area contributed by atoms with Gasteiger partial charge in [-0.3, -0.25) is 0 Å². The van der Waals surface area contributed by atoms with E-state index in [-0.39, 0.29) is 0 Å². The molecule has 1 N–H and O–H groups in total. The Morgan fingerprint density at radius 2 is 2.18 bits per heavy atom. The molecule has 1 aromatic carbocycles. The van der Waals surface area contributed by atoms with Gasteiger partial charge in [-0.15, -0.1) is 11.8 Å². The molecule has 17 heavy (non-hydrogen) atoms. The van der Waals surface area contributed by atoms with Gasteiger partial charge in [0, 0.05) is 4.90 Å². The predicted octanol–water partition coefficient (Wildman–Crippen LogP) is 3.30. The molecule has 0 radical (unpaired) electrons. The molecule has 0 atom stereocenters. The molecule has 0 aliphatic rings. The first-order valence-electron chi connectivity index (χ1n) is 5.34. The number of rotatable bonds is 4. The average molecular weight is 249 g/mol. The molecule has 0 saturated heterocycles. The number of hydrogen-bond acceptors (Lipinski definition) is 3. The van der Waals surface area contributed by atoms with Gasteiger partial charge in [0.05, 0.1) is 17.0 Å². The summed E-state index contributed by atoms with van der Waals surface area (Å²) in [6.07, 6.45) is 0. The van der Waals surface area contributed by atoms with E-state index in [1.165, 1.54) is 11.8 Å². The van der Waals surface area contributed by atoms with Crippen LogP contribution in [0.5, 0.6) is 0 Å². The smallest absolute Gasteiger partial charge is 0.336 e. The van der Waals surface area contributed by atoms with Crippen LogP contribution in [0.3, 0.4) is 0 Å². The highest BCUT2D eigenvalue weighted by atomic mass is 32.2. The van der Waals surface area contributed by atoms with Gasteiger partial charge >= 0.3 is 5.97 Å². The summed E-state index contributed by atoms with van der Waals surface area (Å²) < 4.78 is 0. The Kier molecular flexibility index (Phi) is 4.19. The number of carbonyl (C=O) groups is 1. The summed E-state index contributed by atoms with van der Waals surface area (Å²) in [6.45, 7) is 5.62. The summed E-state index contributed by atoms with van der Waals surface area (Å²) in [5.41, 5.74) is 0.551. The molecule has 3 nitrogen and oxygen atoms in total. The van der Waals surface area contributed by atoms with E-state index in [4.69, 9.17) is 10.4 Å². The lowest BCUT2D eigenvalue weighted by molar-refractivity contribution is 0.0693. The first-order chi connectivity index (χ1) is 7.92. The van der Waals surface area contributed by atoms with Gasteiger partial charge in [0.2, 0.25) is 0 Å². The van der Waals surface area contributed by atoms with Gasteiger partial charge in [-0.25, -0.2) is 4.79 Å². The number of carboxylic acid groups (broad SMARTS) is 1. The number of hydrogen-bond donors (Lipinski definition) is 1.